The topological polar surface area (TPSA) is 49.3 Å². The van der Waals surface area contributed by atoms with Crippen LogP contribution in [0, 0.1) is 11.3 Å². The van der Waals surface area contributed by atoms with Crippen molar-refractivity contribution >= 4 is 5.91 Å². The van der Waals surface area contributed by atoms with Crippen LogP contribution in [-0.2, 0) is 4.79 Å². The number of aliphatic hydroxyl groups is 1. The Morgan fingerprint density at radius 3 is 2.86 bits per heavy atom. The van der Waals surface area contributed by atoms with E-state index in [0.29, 0.717) is 0 Å². The summed E-state index contributed by atoms with van der Waals surface area (Å²) in [4.78, 5) is 11.6. The van der Waals surface area contributed by atoms with Crippen molar-refractivity contribution in [1.82, 2.24) is 5.32 Å². The fourth-order valence-corrected chi connectivity index (χ4v) is 1.93. The predicted octanol–water partition coefficient (Wildman–Crippen LogP) is 1.31. The zero-order valence-corrected chi connectivity index (χ0v) is 9.18. The van der Waals surface area contributed by atoms with Gasteiger partial charge in [0.05, 0.1) is 0 Å². The summed E-state index contributed by atoms with van der Waals surface area (Å²) in [7, 11) is 0. The third-order valence-corrected chi connectivity index (χ3v) is 2.88. The van der Waals surface area contributed by atoms with Gasteiger partial charge in [-0.15, -0.1) is 0 Å². The number of hydrogen-bond acceptors (Lipinski definition) is 2. The van der Waals surface area contributed by atoms with Gasteiger partial charge < -0.3 is 10.4 Å². The van der Waals surface area contributed by atoms with Crippen LogP contribution < -0.4 is 5.32 Å². The molecule has 1 amide bonds. The molecule has 14 heavy (non-hydrogen) atoms. The molecule has 82 valence electrons. The van der Waals surface area contributed by atoms with Crippen molar-refractivity contribution in [1.29, 1.82) is 0 Å². The van der Waals surface area contributed by atoms with Gasteiger partial charge in [-0.2, -0.15) is 0 Å². The van der Waals surface area contributed by atoms with Gasteiger partial charge in [-0.25, -0.2) is 0 Å². The number of aliphatic hydroxyl groups excluding tert-OH is 1. The largest absolute Gasteiger partial charge is 0.396 e. The first-order valence-corrected chi connectivity index (χ1v) is 5.44. The lowest BCUT2D eigenvalue weighted by atomic mass is 9.81. The highest BCUT2D eigenvalue weighted by Crippen LogP contribution is 2.28. The molecule has 0 spiro atoms. The Balaban J connectivity index is 2.52. The molecule has 3 heteroatoms. The Labute approximate surface area is 85.9 Å². The molecule has 0 radical (unpaired) electrons. The molecule has 0 aliphatic carbocycles. The van der Waals surface area contributed by atoms with Crippen LogP contribution in [0.4, 0.5) is 0 Å². The van der Waals surface area contributed by atoms with Crippen molar-refractivity contribution in [3.63, 3.8) is 0 Å². The molecule has 1 fully saturated rings. The van der Waals surface area contributed by atoms with Crippen LogP contribution in [0.15, 0.2) is 0 Å². The maximum atomic E-state index is 11.6. The molecule has 1 aliphatic heterocycles. The molecule has 1 heterocycles. The maximum Gasteiger partial charge on any atom is 0.223 e. The van der Waals surface area contributed by atoms with E-state index in [9.17, 15) is 4.79 Å². The molecule has 3 nitrogen and oxygen atoms in total. The van der Waals surface area contributed by atoms with Crippen LogP contribution in [0.25, 0.3) is 0 Å². The molecule has 0 bridgehead atoms. The molecule has 0 aromatic rings. The Morgan fingerprint density at radius 1 is 1.50 bits per heavy atom. The Hall–Kier alpha value is -0.570. The van der Waals surface area contributed by atoms with Gasteiger partial charge in [0.2, 0.25) is 5.91 Å². The maximum absolute atomic E-state index is 11.6. The standard InChI is InChI=1S/C11H21NO2/c1-11(2,8-13)7-9-5-3-4-6-12-10(9)14/h9,13H,3-8H2,1-2H3,(H,12,14). The summed E-state index contributed by atoms with van der Waals surface area (Å²) in [6.07, 6.45) is 3.96. The number of amides is 1. The van der Waals surface area contributed by atoms with Crippen molar-refractivity contribution in [2.45, 2.75) is 39.5 Å². The summed E-state index contributed by atoms with van der Waals surface area (Å²) in [5, 5.41) is 12.1. The van der Waals surface area contributed by atoms with E-state index in [1.54, 1.807) is 0 Å². The lowest BCUT2D eigenvalue weighted by molar-refractivity contribution is -0.125. The van der Waals surface area contributed by atoms with E-state index in [1.165, 1.54) is 0 Å². The van der Waals surface area contributed by atoms with E-state index in [4.69, 9.17) is 5.11 Å². The zero-order valence-electron chi connectivity index (χ0n) is 9.18. The number of carbonyl (C=O) groups is 1. The highest BCUT2D eigenvalue weighted by atomic mass is 16.3. The van der Waals surface area contributed by atoms with Crippen molar-refractivity contribution in [3.05, 3.63) is 0 Å². The minimum atomic E-state index is -0.133. The Bertz CT molecular complexity index is 201. The minimum absolute atomic E-state index is 0.0969. The summed E-state index contributed by atoms with van der Waals surface area (Å²) >= 11 is 0. The lowest BCUT2D eigenvalue weighted by Gasteiger charge is -2.26. The number of nitrogens with one attached hydrogen (secondary N) is 1. The Morgan fingerprint density at radius 2 is 2.21 bits per heavy atom. The fraction of sp³-hybridized carbons (Fsp3) is 0.909. The fourth-order valence-electron chi connectivity index (χ4n) is 1.93. The van der Waals surface area contributed by atoms with E-state index in [2.05, 4.69) is 5.32 Å². The van der Waals surface area contributed by atoms with Gasteiger partial charge in [0.1, 0.15) is 0 Å². The Kier molecular flexibility index (Phi) is 3.93. The predicted molar refractivity (Wildman–Crippen MR) is 55.8 cm³/mol. The second kappa shape index (κ2) is 4.78. The third-order valence-electron chi connectivity index (χ3n) is 2.88. The molecule has 0 aromatic heterocycles. The molecule has 2 N–H and O–H groups in total. The van der Waals surface area contributed by atoms with Gasteiger partial charge in [0.25, 0.3) is 0 Å². The average Bonchev–Trinajstić information content (AvgIpc) is 2.32. The first-order chi connectivity index (χ1) is 6.55. The molecule has 1 unspecified atom stereocenters. The van der Waals surface area contributed by atoms with Crippen molar-refractivity contribution in [3.8, 4) is 0 Å². The van der Waals surface area contributed by atoms with Crippen LogP contribution in [0.1, 0.15) is 39.5 Å². The monoisotopic (exact) mass is 199 g/mol. The van der Waals surface area contributed by atoms with E-state index in [-0.39, 0.29) is 23.8 Å². The summed E-state index contributed by atoms with van der Waals surface area (Å²) in [6.45, 7) is 4.97. The van der Waals surface area contributed by atoms with E-state index >= 15 is 0 Å². The quantitative estimate of drug-likeness (QED) is 0.720. The van der Waals surface area contributed by atoms with Gasteiger partial charge >= 0.3 is 0 Å². The van der Waals surface area contributed by atoms with Crippen LogP contribution in [0.2, 0.25) is 0 Å². The SMILES string of the molecule is CC(C)(CO)CC1CCCCNC1=O. The summed E-state index contributed by atoms with van der Waals surface area (Å²) in [6, 6.07) is 0. The van der Waals surface area contributed by atoms with Crippen molar-refractivity contribution in [2.75, 3.05) is 13.2 Å². The van der Waals surface area contributed by atoms with Gasteiger partial charge in [0.15, 0.2) is 0 Å². The highest BCUT2D eigenvalue weighted by Gasteiger charge is 2.28. The number of hydrogen-bond donors (Lipinski definition) is 2. The smallest absolute Gasteiger partial charge is 0.223 e. The molecular weight excluding hydrogens is 178 g/mol. The van der Waals surface area contributed by atoms with Crippen molar-refractivity contribution < 1.29 is 9.90 Å². The molecule has 1 saturated heterocycles. The second-order valence-corrected chi connectivity index (χ2v) is 5.01. The van der Waals surface area contributed by atoms with Gasteiger partial charge in [0, 0.05) is 19.1 Å². The molecular formula is C11H21NO2. The summed E-state index contributed by atoms with van der Waals surface area (Å²) in [5.41, 5.74) is -0.133. The highest BCUT2D eigenvalue weighted by molar-refractivity contribution is 5.78. The van der Waals surface area contributed by atoms with E-state index in [1.807, 2.05) is 13.8 Å². The molecule has 0 aromatic carbocycles. The first kappa shape index (κ1) is 11.5. The first-order valence-electron chi connectivity index (χ1n) is 5.44. The zero-order chi connectivity index (χ0) is 10.6. The molecule has 1 aliphatic rings. The normalized spacial score (nSPS) is 24.2. The van der Waals surface area contributed by atoms with Gasteiger partial charge in [-0.3, -0.25) is 4.79 Å². The minimum Gasteiger partial charge on any atom is -0.396 e. The van der Waals surface area contributed by atoms with Gasteiger partial charge in [-0.1, -0.05) is 20.3 Å². The average molecular weight is 199 g/mol. The van der Waals surface area contributed by atoms with Crippen LogP contribution >= 0.6 is 0 Å². The molecule has 1 rings (SSSR count). The second-order valence-electron chi connectivity index (χ2n) is 5.01. The van der Waals surface area contributed by atoms with Gasteiger partial charge in [-0.05, 0) is 24.7 Å². The lowest BCUT2D eigenvalue weighted by Crippen LogP contribution is -2.32. The van der Waals surface area contributed by atoms with Crippen molar-refractivity contribution in [2.24, 2.45) is 11.3 Å². The molecule has 1 atom stereocenters. The third kappa shape index (κ3) is 3.29. The summed E-state index contributed by atoms with van der Waals surface area (Å²) < 4.78 is 0. The molecule has 0 saturated carbocycles. The van der Waals surface area contributed by atoms with Crippen LogP contribution in [0.3, 0.4) is 0 Å². The van der Waals surface area contributed by atoms with E-state index < -0.39 is 0 Å². The van der Waals surface area contributed by atoms with E-state index in [0.717, 1.165) is 32.2 Å². The number of rotatable bonds is 3. The number of carbonyl (C=O) groups excluding carboxylic acids is 1. The van der Waals surface area contributed by atoms with Crippen LogP contribution in [0.5, 0.6) is 0 Å². The summed E-state index contributed by atoms with van der Waals surface area (Å²) in [5.74, 6) is 0.267. The van der Waals surface area contributed by atoms with Crippen LogP contribution in [-0.4, -0.2) is 24.2 Å².